The third-order valence-electron chi connectivity index (χ3n) is 1.82. The van der Waals surface area contributed by atoms with Crippen LogP contribution >= 0.6 is 12.6 Å². The zero-order chi connectivity index (χ0) is 14.5. The van der Waals surface area contributed by atoms with Gasteiger partial charge in [-0.2, -0.15) is 12.6 Å². The molecule has 5 nitrogen and oxygen atoms in total. The summed E-state index contributed by atoms with van der Waals surface area (Å²) in [5.41, 5.74) is 3.35. The molecule has 1 rings (SSSR count). The second-order valence-electron chi connectivity index (χ2n) is 3.53. The third kappa shape index (κ3) is 10.5. The molecule has 0 aromatic heterocycles. The molecule has 0 atom stereocenters. The van der Waals surface area contributed by atoms with Crippen molar-refractivity contribution in [3.63, 3.8) is 0 Å². The highest BCUT2D eigenvalue weighted by atomic mass is 32.1. The van der Waals surface area contributed by atoms with E-state index in [-0.39, 0.29) is 5.97 Å². The molecule has 0 unspecified atom stereocenters. The Bertz CT molecular complexity index is 339. The van der Waals surface area contributed by atoms with Crippen LogP contribution in [0.2, 0.25) is 0 Å². The van der Waals surface area contributed by atoms with Gasteiger partial charge in [0.2, 0.25) is 0 Å². The molecule has 0 amide bonds. The molecule has 0 fully saturated rings. The largest absolute Gasteiger partial charge is 0.427 e. The highest BCUT2D eigenvalue weighted by molar-refractivity contribution is 7.79. The Morgan fingerprint density at radius 1 is 1.32 bits per heavy atom. The summed E-state index contributed by atoms with van der Waals surface area (Å²) in [5.74, 6) is 0.974. The first kappa shape index (κ1) is 17.9. The van der Waals surface area contributed by atoms with E-state index in [1.807, 2.05) is 19.1 Å². The van der Waals surface area contributed by atoms with Crippen molar-refractivity contribution in [1.29, 1.82) is 0 Å². The number of hydrogen-bond donors (Lipinski definition) is 2. The van der Waals surface area contributed by atoms with E-state index in [1.54, 1.807) is 12.1 Å². The monoisotopic (exact) mass is 287 g/mol. The first-order chi connectivity index (χ1) is 9.13. The molecule has 0 radical (unpaired) electrons. The van der Waals surface area contributed by atoms with Crippen LogP contribution in [0.5, 0.6) is 5.75 Å². The zero-order valence-corrected chi connectivity index (χ0v) is 12.4. The summed E-state index contributed by atoms with van der Waals surface area (Å²) in [7, 11) is 1.51. The Balaban J connectivity index is 0.000000399. The topological polar surface area (TPSA) is 56.8 Å². The fraction of sp³-hybridized carbons (Fsp3) is 0.462. The van der Waals surface area contributed by atoms with Gasteiger partial charge in [-0.15, -0.1) is 0 Å². The van der Waals surface area contributed by atoms with Crippen LogP contribution in [0.1, 0.15) is 25.8 Å². The van der Waals surface area contributed by atoms with Crippen molar-refractivity contribution >= 4 is 18.6 Å². The predicted molar refractivity (Wildman–Crippen MR) is 76.8 cm³/mol. The molecule has 0 aliphatic carbocycles. The number of thiol groups is 1. The average Bonchev–Trinajstić information content (AvgIpc) is 2.40. The van der Waals surface area contributed by atoms with Crippen molar-refractivity contribution in [3.8, 4) is 5.75 Å². The van der Waals surface area contributed by atoms with Gasteiger partial charge in [-0.05, 0) is 24.1 Å². The Labute approximate surface area is 119 Å². The van der Waals surface area contributed by atoms with Gasteiger partial charge in [0.15, 0.2) is 0 Å². The summed E-state index contributed by atoms with van der Waals surface area (Å²) in [5, 5.41) is 0. The van der Waals surface area contributed by atoms with Gasteiger partial charge in [-0.25, -0.2) is 0 Å². The highest BCUT2D eigenvalue weighted by Gasteiger charge is 1.96. The lowest BCUT2D eigenvalue weighted by atomic mass is 10.2. The minimum Gasteiger partial charge on any atom is -0.427 e. The molecule has 0 heterocycles. The van der Waals surface area contributed by atoms with Gasteiger partial charge in [0.25, 0.3) is 0 Å². The lowest BCUT2D eigenvalue weighted by molar-refractivity contribution is -0.151. The van der Waals surface area contributed by atoms with Gasteiger partial charge < -0.3 is 4.74 Å². The summed E-state index contributed by atoms with van der Waals surface area (Å²) < 4.78 is 4.85. The first-order valence-electron chi connectivity index (χ1n) is 5.92. The highest BCUT2D eigenvalue weighted by Crippen LogP contribution is 2.13. The maximum atomic E-state index is 10.5. The number of rotatable bonds is 6. The van der Waals surface area contributed by atoms with E-state index in [9.17, 15) is 4.79 Å². The molecule has 0 aliphatic heterocycles. The van der Waals surface area contributed by atoms with E-state index in [1.165, 1.54) is 14.0 Å². The van der Waals surface area contributed by atoms with Gasteiger partial charge in [0.1, 0.15) is 5.75 Å². The molecule has 108 valence electrons. The quantitative estimate of drug-likeness (QED) is 0.277. The smallest absolute Gasteiger partial charge is 0.308 e. The molecule has 0 saturated carbocycles. The molecule has 6 heteroatoms. The number of hydrogen-bond acceptors (Lipinski definition) is 6. The average molecular weight is 287 g/mol. The summed E-state index contributed by atoms with van der Waals surface area (Å²) in [6, 6.07) is 7.27. The number of benzene rings is 1. The van der Waals surface area contributed by atoms with E-state index >= 15 is 0 Å². The second-order valence-corrected chi connectivity index (χ2v) is 3.85. The van der Waals surface area contributed by atoms with Crippen molar-refractivity contribution in [2.75, 3.05) is 13.7 Å². The van der Waals surface area contributed by atoms with Gasteiger partial charge in [-0.3, -0.25) is 14.5 Å². The summed E-state index contributed by atoms with van der Waals surface area (Å²) >= 11 is 4.11. The Hall–Kier alpha value is -1.08. The van der Waals surface area contributed by atoms with Crippen LogP contribution in [0.25, 0.3) is 0 Å². The molecule has 0 spiro atoms. The van der Waals surface area contributed by atoms with Crippen molar-refractivity contribution in [2.24, 2.45) is 0 Å². The molecule has 1 aromatic carbocycles. The van der Waals surface area contributed by atoms with E-state index in [0.29, 0.717) is 18.1 Å². The van der Waals surface area contributed by atoms with E-state index < -0.39 is 0 Å². The molecule has 0 aliphatic rings. The summed E-state index contributed by atoms with van der Waals surface area (Å²) in [4.78, 5) is 19.6. The van der Waals surface area contributed by atoms with Crippen molar-refractivity contribution < 1.29 is 19.2 Å². The summed E-state index contributed by atoms with van der Waals surface area (Å²) in [6.45, 7) is 4.09. The van der Waals surface area contributed by atoms with Crippen molar-refractivity contribution in [1.82, 2.24) is 5.64 Å². The van der Waals surface area contributed by atoms with Crippen LogP contribution in [0.15, 0.2) is 24.3 Å². The number of ether oxygens (including phenoxy) is 1. The molecule has 1 aromatic rings. The molecular formula is C13H21NO4S. The van der Waals surface area contributed by atoms with Crippen molar-refractivity contribution in [3.05, 3.63) is 29.8 Å². The van der Waals surface area contributed by atoms with E-state index in [0.717, 1.165) is 12.0 Å². The van der Waals surface area contributed by atoms with E-state index in [4.69, 9.17) is 4.74 Å². The number of carbonyl (C=O) groups is 1. The predicted octanol–water partition coefficient (Wildman–Crippen LogP) is 2.52. The minimum atomic E-state index is -0.298. The summed E-state index contributed by atoms with van der Waals surface area (Å²) in [6.07, 6.45) is 0.996. The maximum absolute atomic E-state index is 10.5. The van der Waals surface area contributed by atoms with Crippen LogP contribution in [0.3, 0.4) is 0 Å². The van der Waals surface area contributed by atoms with Gasteiger partial charge >= 0.3 is 5.97 Å². The number of carbonyl (C=O) groups excluding carboxylic acids is 1. The normalized spacial score (nSPS) is 9.47. The van der Waals surface area contributed by atoms with Crippen LogP contribution in [0.4, 0.5) is 0 Å². The SMILES string of the molecule is CC(=O)Oc1ccc(CS)cc1.CCCONOC. The number of nitrogens with one attached hydrogen (secondary N) is 1. The molecular weight excluding hydrogens is 266 g/mol. The van der Waals surface area contributed by atoms with Crippen LogP contribution in [-0.2, 0) is 20.2 Å². The number of esters is 1. The molecule has 0 bridgehead atoms. The first-order valence-corrected chi connectivity index (χ1v) is 6.55. The molecule has 19 heavy (non-hydrogen) atoms. The van der Waals surface area contributed by atoms with Crippen LogP contribution < -0.4 is 10.4 Å². The Morgan fingerprint density at radius 3 is 2.37 bits per heavy atom. The Morgan fingerprint density at radius 2 is 1.95 bits per heavy atom. The van der Waals surface area contributed by atoms with Crippen LogP contribution in [0, 0.1) is 0 Å². The van der Waals surface area contributed by atoms with Crippen LogP contribution in [-0.4, -0.2) is 19.7 Å². The molecule has 0 saturated heterocycles. The second kappa shape index (κ2) is 12.0. The lowest BCUT2D eigenvalue weighted by Gasteiger charge is -2.00. The van der Waals surface area contributed by atoms with Gasteiger partial charge in [0, 0.05) is 12.7 Å². The standard InChI is InChI=1S/C9H10O2S.C4H11NO2/c1-7(10)11-9-4-2-8(6-12)3-5-9;1-3-4-7-5-6-2/h2-5,12H,6H2,1H3;5H,3-4H2,1-2H3. The van der Waals surface area contributed by atoms with E-state index in [2.05, 4.69) is 27.9 Å². The zero-order valence-electron chi connectivity index (χ0n) is 11.5. The third-order valence-corrected chi connectivity index (χ3v) is 2.18. The fourth-order valence-electron chi connectivity index (χ4n) is 1.03. The van der Waals surface area contributed by atoms with Gasteiger partial charge in [0.05, 0.1) is 13.7 Å². The maximum Gasteiger partial charge on any atom is 0.308 e. The van der Waals surface area contributed by atoms with Crippen molar-refractivity contribution in [2.45, 2.75) is 26.0 Å². The van der Waals surface area contributed by atoms with Gasteiger partial charge in [-0.1, -0.05) is 24.7 Å². The fourth-order valence-corrected chi connectivity index (χ4v) is 1.24. The lowest BCUT2D eigenvalue weighted by Crippen LogP contribution is -2.12. The Kier molecular flexibility index (Phi) is 11.3. The minimum absolute atomic E-state index is 0.298. The molecule has 1 N–H and O–H groups in total.